The second kappa shape index (κ2) is 5.15. The summed E-state index contributed by atoms with van der Waals surface area (Å²) < 4.78 is 5.04. The highest BCUT2D eigenvalue weighted by Crippen LogP contribution is 2.23. The Balaban J connectivity index is 1.90. The zero-order chi connectivity index (χ0) is 14.1. The maximum absolute atomic E-state index is 11.1. The minimum atomic E-state index is -0.461. The summed E-state index contributed by atoms with van der Waals surface area (Å²) in [5, 5.41) is 0.706. The van der Waals surface area contributed by atoms with Gasteiger partial charge < -0.3 is 10.2 Å². The summed E-state index contributed by atoms with van der Waals surface area (Å²) in [6, 6.07) is 12.9. The van der Waals surface area contributed by atoms with Crippen LogP contribution in [0.5, 0.6) is 0 Å². The number of fused-ring (bicyclic) bond motifs is 1. The van der Waals surface area contributed by atoms with Crippen LogP contribution in [-0.4, -0.2) is 4.98 Å². The number of rotatable bonds is 3. The Kier molecular flexibility index (Phi) is 3.34. The van der Waals surface area contributed by atoms with Crippen LogP contribution in [0.1, 0.15) is 17.2 Å². The first-order valence-electron chi connectivity index (χ1n) is 6.25. The summed E-state index contributed by atoms with van der Waals surface area (Å²) in [6.45, 7) is 0. The fraction of sp³-hybridized carbons (Fsp3) is 0.133. The first-order valence-corrected chi connectivity index (χ1v) is 6.63. The van der Waals surface area contributed by atoms with Crippen LogP contribution in [-0.2, 0) is 6.42 Å². The highest BCUT2D eigenvalue weighted by Gasteiger charge is 2.11. The summed E-state index contributed by atoms with van der Waals surface area (Å²) in [6.07, 6.45) is 0.625. The van der Waals surface area contributed by atoms with Gasteiger partial charge in [0.25, 0.3) is 0 Å². The van der Waals surface area contributed by atoms with Crippen molar-refractivity contribution in [1.29, 1.82) is 0 Å². The molecule has 4 nitrogen and oxygen atoms in total. The average Bonchev–Trinajstić information content (AvgIpc) is 2.80. The van der Waals surface area contributed by atoms with Crippen molar-refractivity contribution < 1.29 is 4.42 Å². The second-order valence-corrected chi connectivity index (χ2v) is 5.08. The lowest BCUT2D eigenvalue weighted by atomic mass is 9.99. The van der Waals surface area contributed by atoms with Gasteiger partial charge in [0.15, 0.2) is 5.58 Å². The van der Waals surface area contributed by atoms with Crippen LogP contribution in [0.25, 0.3) is 11.1 Å². The van der Waals surface area contributed by atoms with Gasteiger partial charge in [0.2, 0.25) is 0 Å². The lowest BCUT2D eigenvalue weighted by Gasteiger charge is -2.13. The number of hydrogen-bond donors (Lipinski definition) is 2. The maximum Gasteiger partial charge on any atom is 0.417 e. The van der Waals surface area contributed by atoms with Gasteiger partial charge in [-0.2, -0.15) is 0 Å². The molecule has 0 spiro atoms. The van der Waals surface area contributed by atoms with Crippen molar-refractivity contribution in [3.8, 4) is 0 Å². The fourth-order valence-corrected chi connectivity index (χ4v) is 2.42. The molecule has 0 amide bonds. The number of H-pyrrole nitrogens is 1. The number of nitrogens with one attached hydrogen (secondary N) is 1. The van der Waals surface area contributed by atoms with Crippen LogP contribution in [0.3, 0.4) is 0 Å². The van der Waals surface area contributed by atoms with E-state index in [9.17, 15) is 4.79 Å². The summed E-state index contributed by atoms with van der Waals surface area (Å²) in [5.41, 5.74) is 9.29. The van der Waals surface area contributed by atoms with Crippen LogP contribution >= 0.6 is 11.6 Å². The molecule has 1 unspecified atom stereocenters. The van der Waals surface area contributed by atoms with E-state index in [0.29, 0.717) is 22.5 Å². The van der Waals surface area contributed by atoms with Gasteiger partial charge in [0, 0.05) is 11.1 Å². The van der Waals surface area contributed by atoms with E-state index in [1.165, 1.54) is 0 Å². The molecular formula is C15H13ClN2O2. The third-order valence-electron chi connectivity index (χ3n) is 3.27. The molecule has 0 aliphatic rings. The van der Waals surface area contributed by atoms with E-state index >= 15 is 0 Å². The van der Waals surface area contributed by atoms with Crippen LogP contribution < -0.4 is 11.5 Å². The van der Waals surface area contributed by atoms with Crippen molar-refractivity contribution in [2.45, 2.75) is 12.5 Å². The van der Waals surface area contributed by atoms with E-state index < -0.39 is 5.76 Å². The predicted molar refractivity (Wildman–Crippen MR) is 78.9 cm³/mol. The van der Waals surface area contributed by atoms with Gasteiger partial charge in [-0.3, -0.25) is 4.98 Å². The van der Waals surface area contributed by atoms with E-state index in [0.717, 1.165) is 11.1 Å². The van der Waals surface area contributed by atoms with E-state index in [-0.39, 0.29) is 6.04 Å². The standard InChI is InChI=1S/C15H13ClN2O2/c16-11-4-2-1-3-9(11)7-12(17)10-5-6-13-14(8-10)20-15(19)18-13/h1-6,8,12H,7,17H2,(H,18,19). The number of nitrogens with two attached hydrogens (primary N) is 1. The number of aromatic nitrogens is 1. The normalized spacial score (nSPS) is 12.7. The molecular weight excluding hydrogens is 276 g/mol. The van der Waals surface area contributed by atoms with Crippen molar-refractivity contribution in [3.63, 3.8) is 0 Å². The van der Waals surface area contributed by atoms with Crippen molar-refractivity contribution in [3.05, 3.63) is 69.2 Å². The van der Waals surface area contributed by atoms with E-state index in [2.05, 4.69) is 4.98 Å². The largest absolute Gasteiger partial charge is 0.417 e. The molecule has 0 saturated carbocycles. The molecule has 5 heteroatoms. The lowest BCUT2D eigenvalue weighted by molar-refractivity contribution is 0.554. The number of hydrogen-bond acceptors (Lipinski definition) is 3. The third kappa shape index (κ3) is 2.48. The van der Waals surface area contributed by atoms with Gasteiger partial charge in [-0.25, -0.2) is 4.79 Å². The van der Waals surface area contributed by atoms with Crippen molar-refractivity contribution in [2.75, 3.05) is 0 Å². The molecule has 0 fully saturated rings. The smallest absolute Gasteiger partial charge is 0.408 e. The van der Waals surface area contributed by atoms with Crippen molar-refractivity contribution >= 4 is 22.7 Å². The molecule has 0 aliphatic heterocycles. The van der Waals surface area contributed by atoms with Crippen LogP contribution in [0.15, 0.2) is 51.7 Å². The lowest BCUT2D eigenvalue weighted by Crippen LogP contribution is -2.13. The van der Waals surface area contributed by atoms with Gasteiger partial charge in [-0.1, -0.05) is 35.9 Å². The monoisotopic (exact) mass is 288 g/mol. The molecule has 0 radical (unpaired) electrons. The van der Waals surface area contributed by atoms with Crippen LogP contribution in [0.2, 0.25) is 5.02 Å². The molecule has 102 valence electrons. The molecule has 1 atom stereocenters. The first-order chi connectivity index (χ1) is 9.63. The minimum Gasteiger partial charge on any atom is -0.408 e. The Bertz CT molecular complexity index is 807. The third-order valence-corrected chi connectivity index (χ3v) is 3.64. The highest BCUT2D eigenvalue weighted by molar-refractivity contribution is 6.31. The predicted octanol–water partition coefficient (Wildman–Crippen LogP) is 3.02. The van der Waals surface area contributed by atoms with E-state index in [1.54, 1.807) is 12.1 Å². The zero-order valence-electron chi connectivity index (χ0n) is 10.6. The quantitative estimate of drug-likeness (QED) is 0.778. The molecule has 1 aromatic heterocycles. The molecule has 3 N–H and O–H groups in total. The maximum atomic E-state index is 11.1. The summed E-state index contributed by atoms with van der Waals surface area (Å²) >= 11 is 6.13. The van der Waals surface area contributed by atoms with Gasteiger partial charge in [-0.15, -0.1) is 0 Å². The Hall–Kier alpha value is -2.04. The molecule has 2 aromatic carbocycles. The summed E-state index contributed by atoms with van der Waals surface area (Å²) in [4.78, 5) is 13.7. The van der Waals surface area contributed by atoms with Gasteiger partial charge in [-0.05, 0) is 35.7 Å². The highest BCUT2D eigenvalue weighted by atomic mass is 35.5. The molecule has 3 rings (SSSR count). The van der Waals surface area contributed by atoms with Crippen LogP contribution in [0.4, 0.5) is 0 Å². The Morgan fingerprint density at radius 3 is 2.85 bits per heavy atom. The molecule has 0 bridgehead atoms. The Morgan fingerprint density at radius 2 is 2.05 bits per heavy atom. The number of aromatic amines is 1. The number of oxazole rings is 1. The second-order valence-electron chi connectivity index (χ2n) is 4.67. The van der Waals surface area contributed by atoms with Crippen molar-refractivity contribution in [1.82, 2.24) is 4.98 Å². The number of benzene rings is 2. The Morgan fingerprint density at radius 1 is 1.25 bits per heavy atom. The number of halogens is 1. The molecule has 20 heavy (non-hydrogen) atoms. The summed E-state index contributed by atoms with van der Waals surface area (Å²) in [7, 11) is 0. The average molecular weight is 289 g/mol. The van der Waals surface area contributed by atoms with Crippen molar-refractivity contribution in [2.24, 2.45) is 5.73 Å². The Labute approximate surface area is 120 Å². The zero-order valence-corrected chi connectivity index (χ0v) is 11.4. The van der Waals surface area contributed by atoms with Gasteiger partial charge in [0.05, 0.1) is 5.52 Å². The molecule has 3 aromatic rings. The first kappa shape index (κ1) is 13.0. The van der Waals surface area contributed by atoms with Gasteiger partial charge >= 0.3 is 5.76 Å². The summed E-state index contributed by atoms with van der Waals surface area (Å²) in [5.74, 6) is -0.461. The van der Waals surface area contributed by atoms with Crippen LogP contribution in [0, 0.1) is 0 Å². The van der Waals surface area contributed by atoms with E-state index in [1.807, 2.05) is 30.3 Å². The minimum absolute atomic E-state index is 0.209. The SMILES string of the molecule is NC(Cc1ccccc1Cl)c1ccc2[nH]c(=O)oc2c1. The fourth-order valence-electron chi connectivity index (χ4n) is 2.21. The topological polar surface area (TPSA) is 72.0 Å². The molecule has 0 saturated heterocycles. The molecule has 0 aliphatic carbocycles. The van der Waals surface area contributed by atoms with E-state index in [4.69, 9.17) is 21.8 Å². The van der Waals surface area contributed by atoms with Gasteiger partial charge in [0.1, 0.15) is 0 Å². The molecule has 1 heterocycles.